The van der Waals surface area contributed by atoms with Crippen LogP contribution >= 0.6 is 0 Å². The molecule has 0 fully saturated rings. The summed E-state index contributed by atoms with van der Waals surface area (Å²) in [7, 11) is 0. The summed E-state index contributed by atoms with van der Waals surface area (Å²) in [5.41, 5.74) is 3.02. The first-order valence-corrected chi connectivity index (χ1v) is 7.37. The number of non-ortho nitro benzene ring substituents is 1. The van der Waals surface area contributed by atoms with Crippen LogP contribution in [0.3, 0.4) is 0 Å². The zero-order chi connectivity index (χ0) is 20.0. The minimum atomic E-state index is -4.50. The first kappa shape index (κ1) is 19.6. The van der Waals surface area contributed by atoms with Gasteiger partial charge >= 0.3 is 6.18 Å². The molecule has 0 unspecified atom stereocenters. The van der Waals surface area contributed by atoms with Gasteiger partial charge in [-0.25, -0.2) is 0 Å². The van der Waals surface area contributed by atoms with Gasteiger partial charge in [-0.05, 0) is 29.8 Å². The number of hydrogen-bond donors (Lipinski definition) is 2. The molecule has 27 heavy (non-hydrogen) atoms. The molecular weight excluding hydrogens is 367 g/mol. The van der Waals surface area contributed by atoms with Crippen molar-refractivity contribution < 1.29 is 27.7 Å². The van der Waals surface area contributed by atoms with E-state index in [9.17, 15) is 32.9 Å². The van der Waals surface area contributed by atoms with Crippen molar-refractivity contribution in [3.05, 3.63) is 81.4 Å². The van der Waals surface area contributed by atoms with Gasteiger partial charge in [0.25, 0.3) is 17.5 Å². The smallest absolute Gasteiger partial charge is 0.268 e. The van der Waals surface area contributed by atoms with E-state index in [1.54, 1.807) is 0 Å². The van der Waals surface area contributed by atoms with Crippen LogP contribution in [-0.4, -0.2) is 16.7 Å². The monoisotopic (exact) mass is 379 g/mol. The second-order valence-electron chi connectivity index (χ2n) is 5.21. The standard InChI is InChI=1S/C17H12F3N3O4/c18-17(19,20)13-5-1-3-11(9-13)7-8-15(24)21-22-16(25)12-4-2-6-14(10-12)23(26)27/h1-10H,(H,21,24)(H,22,25). The zero-order valence-electron chi connectivity index (χ0n) is 13.5. The molecule has 0 bridgehead atoms. The predicted molar refractivity (Wildman–Crippen MR) is 89.2 cm³/mol. The number of nitro benzene ring substituents is 1. The summed E-state index contributed by atoms with van der Waals surface area (Å²) in [5, 5.41) is 10.7. The van der Waals surface area contributed by atoms with E-state index in [0.717, 1.165) is 30.4 Å². The molecule has 2 rings (SSSR count). The van der Waals surface area contributed by atoms with E-state index in [-0.39, 0.29) is 16.8 Å². The number of nitrogens with zero attached hydrogens (tertiary/aromatic N) is 1. The molecule has 0 aromatic heterocycles. The van der Waals surface area contributed by atoms with Crippen LogP contribution < -0.4 is 10.9 Å². The molecule has 2 amide bonds. The minimum Gasteiger partial charge on any atom is -0.268 e. The fourth-order valence-electron chi connectivity index (χ4n) is 1.98. The molecule has 0 aliphatic rings. The SMILES string of the molecule is O=C(C=Cc1cccc(C(F)(F)F)c1)NNC(=O)c1cccc([N+](=O)[O-])c1. The Morgan fingerprint density at radius 2 is 1.74 bits per heavy atom. The van der Waals surface area contributed by atoms with Crippen molar-refractivity contribution in [2.24, 2.45) is 0 Å². The van der Waals surface area contributed by atoms with Gasteiger partial charge in [-0.2, -0.15) is 13.2 Å². The van der Waals surface area contributed by atoms with Crippen LogP contribution in [0, 0.1) is 10.1 Å². The van der Waals surface area contributed by atoms with Crippen molar-refractivity contribution in [3.63, 3.8) is 0 Å². The maximum Gasteiger partial charge on any atom is 0.416 e. The van der Waals surface area contributed by atoms with Crippen LogP contribution in [0.5, 0.6) is 0 Å². The normalized spacial score (nSPS) is 11.2. The lowest BCUT2D eigenvalue weighted by Gasteiger charge is -2.07. The summed E-state index contributed by atoms with van der Waals surface area (Å²) in [6.45, 7) is 0. The first-order valence-electron chi connectivity index (χ1n) is 7.37. The fraction of sp³-hybridized carbons (Fsp3) is 0.0588. The highest BCUT2D eigenvalue weighted by atomic mass is 19.4. The molecule has 0 radical (unpaired) electrons. The first-order chi connectivity index (χ1) is 12.7. The van der Waals surface area contributed by atoms with E-state index in [0.29, 0.717) is 0 Å². The van der Waals surface area contributed by atoms with E-state index >= 15 is 0 Å². The van der Waals surface area contributed by atoms with Gasteiger partial charge in [-0.3, -0.25) is 30.6 Å². The Morgan fingerprint density at radius 1 is 1.04 bits per heavy atom. The molecule has 2 aromatic rings. The molecule has 0 heterocycles. The number of amides is 2. The van der Waals surface area contributed by atoms with Crippen molar-refractivity contribution in [2.75, 3.05) is 0 Å². The Morgan fingerprint density at radius 3 is 2.41 bits per heavy atom. The molecule has 2 N–H and O–H groups in total. The summed E-state index contributed by atoms with van der Waals surface area (Å²) >= 11 is 0. The lowest BCUT2D eigenvalue weighted by molar-refractivity contribution is -0.384. The third-order valence-electron chi connectivity index (χ3n) is 3.26. The number of hydrogen-bond acceptors (Lipinski definition) is 4. The maximum absolute atomic E-state index is 12.6. The molecule has 0 aliphatic carbocycles. The highest BCUT2D eigenvalue weighted by Crippen LogP contribution is 2.29. The summed E-state index contributed by atoms with van der Waals surface area (Å²) in [4.78, 5) is 33.5. The average Bonchev–Trinajstić information content (AvgIpc) is 2.64. The number of carbonyl (C=O) groups excluding carboxylic acids is 2. The molecule has 2 aromatic carbocycles. The number of carbonyl (C=O) groups is 2. The van der Waals surface area contributed by atoms with Gasteiger partial charge < -0.3 is 0 Å². The van der Waals surface area contributed by atoms with Crippen molar-refractivity contribution in [2.45, 2.75) is 6.18 Å². The Bertz CT molecular complexity index is 910. The Labute approximate surface area is 150 Å². The van der Waals surface area contributed by atoms with Crippen LogP contribution in [0.2, 0.25) is 0 Å². The molecule has 0 atom stereocenters. The molecular formula is C17H12F3N3O4. The minimum absolute atomic E-state index is 0.0497. The van der Waals surface area contributed by atoms with Crippen LogP contribution in [-0.2, 0) is 11.0 Å². The summed E-state index contributed by atoms with van der Waals surface area (Å²) in [6, 6.07) is 9.19. The fourth-order valence-corrected chi connectivity index (χ4v) is 1.98. The van der Waals surface area contributed by atoms with E-state index in [1.807, 2.05) is 10.9 Å². The highest BCUT2D eigenvalue weighted by molar-refractivity contribution is 5.98. The van der Waals surface area contributed by atoms with Gasteiger partial charge in [0.2, 0.25) is 0 Å². The van der Waals surface area contributed by atoms with Gasteiger partial charge in [0.1, 0.15) is 0 Å². The number of nitro groups is 1. The number of hydrazine groups is 1. The van der Waals surface area contributed by atoms with Gasteiger partial charge in [-0.1, -0.05) is 18.2 Å². The molecule has 7 nitrogen and oxygen atoms in total. The van der Waals surface area contributed by atoms with Crippen LogP contribution in [0.15, 0.2) is 54.6 Å². The van der Waals surface area contributed by atoms with Gasteiger partial charge in [0.15, 0.2) is 0 Å². The van der Waals surface area contributed by atoms with Crippen LogP contribution in [0.25, 0.3) is 6.08 Å². The van der Waals surface area contributed by atoms with Gasteiger partial charge in [0, 0.05) is 23.8 Å². The lowest BCUT2D eigenvalue weighted by atomic mass is 10.1. The van der Waals surface area contributed by atoms with E-state index in [2.05, 4.69) is 0 Å². The van der Waals surface area contributed by atoms with Crippen molar-refractivity contribution >= 4 is 23.6 Å². The van der Waals surface area contributed by atoms with Gasteiger partial charge in [-0.15, -0.1) is 0 Å². The second-order valence-corrected chi connectivity index (χ2v) is 5.21. The Balaban J connectivity index is 1.96. The van der Waals surface area contributed by atoms with Crippen LogP contribution in [0.4, 0.5) is 18.9 Å². The molecule has 0 aliphatic heterocycles. The second kappa shape index (κ2) is 8.13. The lowest BCUT2D eigenvalue weighted by Crippen LogP contribution is -2.40. The van der Waals surface area contributed by atoms with Crippen molar-refractivity contribution in [1.29, 1.82) is 0 Å². The number of alkyl halides is 3. The molecule has 0 saturated heterocycles. The summed E-state index contributed by atoms with van der Waals surface area (Å²) < 4.78 is 37.9. The Hall–Kier alpha value is -3.69. The third kappa shape index (κ3) is 5.66. The predicted octanol–water partition coefficient (Wildman–Crippen LogP) is 3.09. The highest BCUT2D eigenvalue weighted by Gasteiger charge is 2.30. The van der Waals surface area contributed by atoms with E-state index < -0.39 is 28.5 Å². The summed E-state index contributed by atoms with van der Waals surface area (Å²) in [6.07, 6.45) is -2.42. The van der Waals surface area contributed by atoms with Crippen molar-refractivity contribution in [3.8, 4) is 0 Å². The topological polar surface area (TPSA) is 101 Å². The maximum atomic E-state index is 12.6. The number of benzene rings is 2. The number of rotatable bonds is 4. The number of halogens is 3. The molecule has 0 spiro atoms. The van der Waals surface area contributed by atoms with Crippen LogP contribution in [0.1, 0.15) is 21.5 Å². The van der Waals surface area contributed by atoms with E-state index in [4.69, 9.17) is 0 Å². The van der Waals surface area contributed by atoms with Gasteiger partial charge in [0.05, 0.1) is 10.5 Å². The third-order valence-corrected chi connectivity index (χ3v) is 3.26. The average molecular weight is 379 g/mol. The largest absolute Gasteiger partial charge is 0.416 e. The quantitative estimate of drug-likeness (QED) is 0.484. The summed E-state index contributed by atoms with van der Waals surface area (Å²) in [5.74, 6) is -1.59. The number of nitrogens with one attached hydrogen (secondary N) is 2. The molecule has 140 valence electrons. The van der Waals surface area contributed by atoms with Crippen molar-refractivity contribution in [1.82, 2.24) is 10.9 Å². The Kier molecular flexibility index (Phi) is 5.91. The van der Waals surface area contributed by atoms with E-state index in [1.165, 1.54) is 30.3 Å². The molecule has 0 saturated carbocycles. The zero-order valence-corrected chi connectivity index (χ0v) is 13.5. The molecule has 10 heteroatoms.